The monoisotopic (exact) mass is 423 g/mol. The van der Waals surface area contributed by atoms with Crippen LogP contribution in [0, 0.1) is 0 Å². The zero-order valence-corrected chi connectivity index (χ0v) is 17.6. The molecule has 148 valence electrons. The molecular weight excluding hydrogens is 402 g/mol. The third-order valence-electron chi connectivity index (χ3n) is 4.97. The molecule has 0 aliphatic carbocycles. The summed E-state index contributed by atoms with van der Waals surface area (Å²) in [5, 5.41) is 10.0. The van der Waals surface area contributed by atoms with Crippen LogP contribution in [0.4, 0.5) is 4.79 Å². The number of hydrogen-bond acceptors (Lipinski definition) is 3. The van der Waals surface area contributed by atoms with Crippen LogP contribution >= 0.6 is 23.4 Å². The van der Waals surface area contributed by atoms with Gasteiger partial charge in [0.2, 0.25) is 0 Å². The Morgan fingerprint density at radius 3 is 2.45 bits per heavy atom. The molecule has 4 rings (SSSR count). The number of fused-ring (bicyclic) bond motifs is 4. The molecule has 0 unspecified atom stereocenters. The Balaban J connectivity index is 1.63. The van der Waals surface area contributed by atoms with Crippen LogP contribution in [0.2, 0.25) is 0 Å². The van der Waals surface area contributed by atoms with Crippen LogP contribution in [0.15, 0.2) is 66.7 Å². The zero-order chi connectivity index (χ0) is 20.1. The fourth-order valence-electron chi connectivity index (χ4n) is 3.66. The lowest BCUT2D eigenvalue weighted by molar-refractivity contribution is 0.153. The number of amides is 1. The maximum absolute atomic E-state index is 12.2. The minimum atomic E-state index is -0.390. The molecule has 0 atom stereocenters. The molecule has 3 nitrogen and oxygen atoms in total. The first-order valence-electron chi connectivity index (χ1n) is 9.64. The van der Waals surface area contributed by atoms with Crippen LogP contribution < -0.4 is 5.32 Å². The number of nitrogens with one attached hydrogen (secondary N) is 1. The number of alkyl carbamates (subject to hydrolysis) is 1. The lowest BCUT2D eigenvalue weighted by Gasteiger charge is -2.14. The predicted octanol–water partition coefficient (Wildman–Crippen LogP) is 6.34. The number of carbonyl (C=O) groups excluding carboxylic acids is 1. The Bertz CT molecular complexity index is 1160. The van der Waals surface area contributed by atoms with E-state index in [0.29, 0.717) is 19.0 Å². The van der Waals surface area contributed by atoms with Gasteiger partial charge < -0.3 is 10.1 Å². The summed E-state index contributed by atoms with van der Waals surface area (Å²) in [6.07, 6.45) is -0.390. The van der Waals surface area contributed by atoms with Crippen molar-refractivity contribution in [2.45, 2.75) is 6.54 Å². The van der Waals surface area contributed by atoms with Gasteiger partial charge in [-0.05, 0) is 43.9 Å². The van der Waals surface area contributed by atoms with Crippen LogP contribution in [-0.2, 0) is 11.3 Å². The second-order valence-corrected chi connectivity index (χ2v) is 8.35. The molecular formula is C24H22ClNO2S. The van der Waals surface area contributed by atoms with E-state index in [1.54, 1.807) is 11.8 Å². The maximum atomic E-state index is 12.2. The first-order chi connectivity index (χ1) is 14.3. The molecule has 4 aromatic carbocycles. The summed E-state index contributed by atoms with van der Waals surface area (Å²) in [4.78, 5) is 12.2. The number of alkyl halides is 1. The zero-order valence-electron chi connectivity index (χ0n) is 16.0. The van der Waals surface area contributed by atoms with Crippen molar-refractivity contribution in [2.75, 3.05) is 24.0 Å². The van der Waals surface area contributed by atoms with Crippen LogP contribution in [-0.4, -0.2) is 30.1 Å². The van der Waals surface area contributed by atoms with Gasteiger partial charge >= 0.3 is 6.09 Å². The van der Waals surface area contributed by atoms with Gasteiger partial charge in [-0.3, -0.25) is 0 Å². The molecule has 0 saturated carbocycles. The molecule has 0 spiro atoms. The van der Waals surface area contributed by atoms with E-state index in [-0.39, 0.29) is 0 Å². The SMILES string of the molecule is O=C(NCc1c2ccccc2cc2c1ccc1ccccc12)OCCSCCCl. The van der Waals surface area contributed by atoms with Crippen LogP contribution in [0.1, 0.15) is 5.56 Å². The smallest absolute Gasteiger partial charge is 0.407 e. The number of benzene rings is 4. The van der Waals surface area contributed by atoms with E-state index in [4.69, 9.17) is 16.3 Å². The fraction of sp³-hybridized carbons (Fsp3) is 0.208. The summed E-state index contributed by atoms with van der Waals surface area (Å²) >= 11 is 7.33. The summed E-state index contributed by atoms with van der Waals surface area (Å²) in [5.41, 5.74) is 1.11. The van der Waals surface area contributed by atoms with Crippen LogP contribution in [0.5, 0.6) is 0 Å². The average molecular weight is 424 g/mol. The number of halogens is 1. The van der Waals surface area contributed by atoms with Gasteiger partial charge in [0.25, 0.3) is 0 Å². The van der Waals surface area contributed by atoms with Gasteiger partial charge in [0, 0.05) is 23.9 Å². The molecule has 29 heavy (non-hydrogen) atoms. The Kier molecular flexibility index (Phi) is 6.43. The summed E-state index contributed by atoms with van der Waals surface area (Å²) < 4.78 is 5.29. The number of ether oxygens (including phenoxy) is 1. The van der Waals surface area contributed by atoms with E-state index in [1.165, 1.54) is 21.5 Å². The minimum absolute atomic E-state index is 0.383. The first-order valence-corrected chi connectivity index (χ1v) is 11.3. The number of thioether (sulfide) groups is 1. The quantitative estimate of drug-likeness (QED) is 0.163. The molecule has 1 amide bonds. The van der Waals surface area contributed by atoms with Crippen molar-refractivity contribution in [3.63, 3.8) is 0 Å². The molecule has 0 aromatic heterocycles. The molecule has 1 N–H and O–H groups in total. The third-order valence-corrected chi connectivity index (χ3v) is 6.33. The van der Waals surface area contributed by atoms with Crippen molar-refractivity contribution in [1.29, 1.82) is 0 Å². The molecule has 0 radical (unpaired) electrons. The highest BCUT2D eigenvalue weighted by atomic mass is 35.5. The summed E-state index contributed by atoms with van der Waals surface area (Å²) in [6.45, 7) is 0.804. The average Bonchev–Trinajstić information content (AvgIpc) is 2.76. The highest BCUT2D eigenvalue weighted by Crippen LogP contribution is 2.33. The van der Waals surface area contributed by atoms with E-state index in [9.17, 15) is 4.79 Å². The van der Waals surface area contributed by atoms with Crippen molar-refractivity contribution in [2.24, 2.45) is 0 Å². The standard InChI is InChI=1S/C24H22ClNO2S/c25-11-13-29-14-12-28-24(27)26-16-23-20-8-4-2-6-18(20)15-22-19-7-3-1-5-17(19)9-10-21(22)23/h1-10,15H,11-14,16H2,(H,26,27). The second-order valence-electron chi connectivity index (χ2n) is 6.75. The second kappa shape index (κ2) is 9.38. The highest BCUT2D eigenvalue weighted by molar-refractivity contribution is 7.99. The Hall–Kier alpha value is -2.43. The topological polar surface area (TPSA) is 38.3 Å². The van der Waals surface area contributed by atoms with Gasteiger partial charge in [0.1, 0.15) is 6.61 Å². The third kappa shape index (κ3) is 4.44. The lowest BCUT2D eigenvalue weighted by atomic mass is 9.93. The molecule has 0 fully saturated rings. The molecule has 0 heterocycles. The highest BCUT2D eigenvalue weighted by Gasteiger charge is 2.11. The van der Waals surface area contributed by atoms with Crippen molar-refractivity contribution in [3.8, 4) is 0 Å². The first kappa shape index (κ1) is 19.9. The van der Waals surface area contributed by atoms with Crippen LogP contribution in [0.25, 0.3) is 32.3 Å². The molecule has 0 saturated heterocycles. The van der Waals surface area contributed by atoms with Gasteiger partial charge in [-0.25, -0.2) is 4.79 Å². The Morgan fingerprint density at radius 2 is 1.62 bits per heavy atom. The van der Waals surface area contributed by atoms with Crippen molar-refractivity contribution >= 4 is 61.8 Å². The van der Waals surface area contributed by atoms with E-state index < -0.39 is 6.09 Å². The Morgan fingerprint density at radius 1 is 0.862 bits per heavy atom. The number of rotatable bonds is 7. The largest absolute Gasteiger partial charge is 0.449 e. The summed E-state index contributed by atoms with van der Waals surface area (Å²) in [5.74, 6) is 2.23. The minimum Gasteiger partial charge on any atom is -0.449 e. The predicted molar refractivity (Wildman–Crippen MR) is 125 cm³/mol. The normalized spacial score (nSPS) is 11.2. The molecule has 5 heteroatoms. The lowest BCUT2D eigenvalue weighted by Crippen LogP contribution is -2.25. The molecule has 4 aromatic rings. The fourth-order valence-corrected chi connectivity index (χ4v) is 4.51. The maximum Gasteiger partial charge on any atom is 0.407 e. The van der Waals surface area contributed by atoms with Crippen molar-refractivity contribution < 1.29 is 9.53 Å². The van der Waals surface area contributed by atoms with Crippen molar-refractivity contribution in [1.82, 2.24) is 5.32 Å². The number of carbonyl (C=O) groups is 1. The summed E-state index contributed by atoms with van der Waals surface area (Å²) in [6, 6.07) is 23.2. The van der Waals surface area contributed by atoms with Crippen LogP contribution in [0.3, 0.4) is 0 Å². The Labute approximate surface area is 179 Å². The molecule has 0 aliphatic rings. The van der Waals surface area contributed by atoms with E-state index in [0.717, 1.165) is 27.8 Å². The molecule has 0 aliphatic heterocycles. The van der Waals surface area contributed by atoms with Gasteiger partial charge in [-0.1, -0.05) is 60.7 Å². The number of hydrogen-bond donors (Lipinski definition) is 1. The van der Waals surface area contributed by atoms with Gasteiger partial charge in [0.15, 0.2) is 0 Å². The molecule has 0 bridgehead atoms. The van der Waals surface area contributed by atoms with E-state index in [2.05, 4.69) is 59.9 Å². The van der Waals surface area contributed by atoms with Gasteiger partial charge in [0.05, 0.1) is 0 Å². The van der Waals surface area contributed by atoms with Gasteiger partial charge in [-0.2, -0.15) is 11.8 Å². The van der Waals surface area contributed by atoms with Gasteiger partial charge in [-0.15, -0.1) is 11.6 Å². The van der Waals surface area contributed by atoms with E-state index in [1.807, 2.05) is 12.1 Å². The van der Waals surface area contributed by atoms with E-state index >= 15 is 0 Å². The van der Waals surface area contributed by atoms with Crippen molar-refractivity contribution in [3.05, 3.63) is 72.3 Å². The summed E-state index contributed by atoms with van der Waals surface area (Å²) in [7, 11) is 0.